The van der Waals surface area contributed by atoms with Crippen LogP contribution in [-0.2, 0) is 4.79 Å². The highest BCUT2D eigenvalue weighted by Crippen LogP contribution is 2.24. The molecule has 1 heterocycles. The predicted molar refractivity (Wildman–Crippen MR) is 131 cm³/mol. The van der Waals surface area contributed by atoms with Crippen molar-refractivity contribution in [2.75, 3.05) is 13.1 Å². The molecule has 0 saturated carbocycles. The summed E-state index contributed by atoms with van der Waals surface area (Å²) in [6.45, 7) is 4.92. The average Bonchev–Trinajstić information content (AvgIpc) is 2.82. The lowest BCUT2D eigenvalue weighted by Crippen LogP contribution is -2.55. The van der Waals surface area contributed by atoms with Gasteiger partial charge >= 0.3 is 0 Å². The molecule has 0 aromatic heterocycles. The van der Waals surface area contributed by atoms with E-state index in [0.29, 0.717) is 47.1 Å². The van der Waals surface area contributed by atoms with Gasteiger partial charge in [-0.1, -0.05) is 42.3 Å². The second-order valence-electron chi connectivity index (χ2n) is 8.39. The van der Waals surface area contributed by atoms with E-state index in [1.807, 2.05) is 13.8 Å². The second kappa shape index (κ2) is 11.5. The summed E-state index contributed by atoms with van der Waals surface area (Å²) < 4.78 is 0. The second-order valence-corrected chi connectivity index (χ2v) is 9.23. The summed E-state index contributed by atoms with van der Waals surface area (Å²) in [6.07, 6.45) is 1.98. The Kier molecular flexibility index (Phi) is 8.75. The van der Waals surface area contributed by atoms with Gasteiger partial charge in [0.1, 0.15) is 6.04 Å². The number of hydrogen-bond acceptors (Lipinski definition) is 3. The number of carbonyl (C=O) groups excluding carboxylic acids is 3. The number of hydrogen-bond donors (Lipinski definition) is 2. The van der Waals surface area contributed by atoms with Crippen LogP contribution in [-0.4, -0.2) is 47.8 Å². The highest BCUT2D eigenvalue weighted by atomic mass is 35.5. The number of likely N-dealkylation sites (tertiary alicyclic amines) is 1. The number of nitrogens with zero attached hydrogens (tertiary/aromatic N) is 1. The van der Waals surface area contributed by atoms with Crippen LogP contribution in [0.3, 0.4) is 0 Å². The lowest BCUT2D eigenvalue weighted by Gasteiger charge is -2.36. The molecule has 6 nitrogen and oxygen atoms in total. The first-order valence-corrected chi connectivity index (χ1v) is 12.0. The first kappa shape index (κ1) is 25.1. The van der Waals surface area contributed by atoms with E-state index in [-0.39, 0.29) is 29.7 Å². The standard InChI is InChI=1S/C25H29Cl2N3O3/c1-3-16(2)28-24(32)22(29-23(31)20-6-4-5-7-21(20)27)17-12-14-30(15-13-17)25(33)18-8-10-19(26)11-9-18/h4-11,16-17,22H,3,12-15H2,1-2H3,(H,28,32)(H,29,31). The predicted octanol–water partition coefficient (Wildman–Crippen LogP) is 4.56. The van der Waals surface area contributed by atoms with Crippen molar-refractivity contribution in [3.8, 4) is 0 Å². The molecule has 1 saturated heterocycles. The molecule has 0 bridgehead atoms. The van der Waals surface area contributed by atoms with Gasteiger partial charge in [0.2, 0.25) is 5.91 Å². The summed E-state index contributed by atoms with van der Waals surface area (Å²) in [4.78, 5) is 40.6. The smallest absolute Gasteiger partial charge is 0.253 e. The van der Waals surface area contributed by atoms with Gasteiger partial charge in [-0.25, -0.2) is 0 Å². The molecule has 3 amide bonds. The normalized spacial score (nSPS) is 16.1. The summed E-state index contributed by atoms with van der Waals surface area (Å²) in [5.74, 6) is -0.766. The maximum atomic E-state index is 13.1. The van der Waals surface area contributed by atoms with Gasteiger partial charge in [-0.05, 0) is 68.5 Å². The van der Waals surface area contributed by atoms with Gasteiger partial charge in [0.25, 0.3) is 11.8 Å². The SMILES string of the molecule is CCC(C)NC(=O)C(NC(=O)c1ccccc1Cl)C1CCN(C(=O)c2ccc(Cl)cc2)CC1. The zero-order chi connectivity index (χ0) is 24.0. The minimum atomic E-state index is -0.712. The largest absolute Gasteiger partial charge is 0.352 e. The molecule has 2 N–H and O–H groups in total. The van der Waals surface area contributed by atoms with Crippen LogP contribution >= 0.6 is 23.2 Å². The Morgan fingerprint density at radius 2 is 1.64 bits per heavy atom. The molecule has 0 radical (unpaired) electrons. The summed E-state index contributed by atoms with van der Waals surface area (Å²) in [5, 5.41) is 6.80. The molecule has 2 aromatic rings. The molecule has 0 spiro atoms. The van der Waals surface area contributed by atoms with Crippen molar-refractivity contribution in [2.24, 2.45) is 5.92 Å². The van der Waals surface area contributed by atoms with Gasteiger partial charge < -0.3 is 15.5 Å². The van der Waals surface area contributed by atoms with Gasteiger partial charge in [0.15, 0.2) is 0 Å². The van der Waals surface area contributed by atoms with Crippen LogP contribution in [0.15, 0.2) is 48.5 Å². The van der Waals surface area contributed by atoms with Crippen LogP contribution in [0.1, 0.15) is 53.8 Å². The van der Waals surface area contributed by atoms with Crippen LogP contribution in [0, 0.1) is 5.92 Å². The van der Waals surface area contributed by atoms with E-state index in [2.05, 4.69) is 10.6 Å². The third-order valence-corrected chi connectivity index (χ3v) is 6.66. The molecule has 1 aliphatic rings. The zero-order valence-corrected chi connectivity index (χ0v) is 20.3. The molecule has 1 fully saturated rings. The number of amides is 3. The summed E-state index contributed by atoms with van der Waals surface area (Å²) in [5.41, 5.74) is 0.909. The van der Waals surface area contributed by atoms with Crippen molar-refractivity contribution in [3.05, 3.63) is 69.7 Å². The first-order valence-electron chi connectivity index (χ1n) is 11.2. The fourth-order valence-corrected chi connectivity index (χ4v) is 4.25. The molecule has 0 aliphatic carbocycles. The Morgan fingerprint density at radius 3 is 2.24 bits per heavy atom. The molecule has 2 atom stereocenters. The molecule has 2 unspecified atom stereocenters. The van der Waals surface area contributed by atoms with Crippen molar-refractivity contribution in [2.45, 2.75) is 45.2 Å². The molecule has 176 valence electrons. The van der Waals surface area contributed by atoms with E-state index in [1.165, 1.54) is 0 Å². The fourth-order valence-electron chi connectivity index (χ4n) is 3.91. The number of nitrogens with one attached hydrogen (secondary N) is 2. The molecule has 33 heavy (non-hydrogen) atoms. The van der Waals surface area contributed by atoms with Crippen LogP contribution in [0.4, 0.5) is 0 Å². The lowest BCUT2D eigenvalue weighted by atomic mass is 9.88. The summed E-state index contributed by atoms with van der Waals surface area (Å²) in [6, 6.07) is 12.9. The molecular formula is C25H29Cl2N3O3. The molecule has 8 heteroatoms. The van der Waals surface area contributed by atoms with Gasteiger partial charge in [0.05, 0.1) is 10.6 Å². The van der Waals surface area contributed by atoms with Gasteiger partial charge in [-0.3, -0.25) is 14.4 Å². The Balaban J connectivity index is 1.71. The van der Waals surface area contributed by atoms with Gasteiger partial charge in [0, 0.05) is 29.7 Å². The first-order chi connectivity index (χ1) is 15.8. The molecular weight excluding hydrogens is 461 g/mol. The summed E-state index contributed by atoms with van der Waals surface area (Å²) in [7, 11) is 0. The van der Waals surface area contributed by atoms with E-state index in [0.717, 1.165) is 6.42 Å². The lowest BCUT2D eigenvalue weighted by molar-refractivity contribution is -0.125. The Morgan fingerprint density at radius 1 is 1.00 bits per heavy atom. The fraction of sp³-hybridized carbons (Fsp3) is 0.400. The van der Waals surface area contributed by atoms with Crippen LogP contribution in [0.25, 0.3) is 0 Å². The van der Waals surface area contributed by atoms with E-state index < -0.39 is 6.04 Å². The average molecular weight is 490 g/mol. The van der Waals surface area contributed by atoms with Crippen molar-refractivity contribution in [3.63, 3.8) is 0 Å². The van der Waals surface area contributed by atoms with Gasteiger partial charge in [-0.2, -0.15) is 0 Å². The van der Waals surface area contributed by atoms with Crippen molar-refractivity contribution in [1.82, 2.24) is 15.5 Å². The van der Waals surface area contributed by atoms with Crippen LogP contribution in [0.2, 0.25) is 10.0 Å². The van der Waals surface area contributed by atoms with Crippen molar-refractivity contribution < 1.29 is 14.4 Å². The minimum absolute atomic E-state index is 0.0104. The number of halogens is 2. The van der Waals surface area contributed by atoms with Crippen LogP contribution < -0.4 is 10.6 Å². The third-order valence-electron chi connectivity index (χ3n) is 6.08. The van der Waals surface area contributed by atoms with E-state index in [4.69, 9.17) is 23.2 Å². The van der Waals surface area contributed by atoms with Crippen molar-refractivity contribution >= 4 is 40.9 Å². The van der Waals surface area contributed by atoms with Crippen LogP contribution in [0.5, 0.6) is 0 Å². The topological polar surface area (TPSA) is 78.5 Å². The van der Waals surface area contributed by atoms with E-state index in [9.17, 15) is 14.4 Å². The highest BCUT2D eigenvalue weighted by Gasteiger charge is 2.34. The molecule has 2 aromatic carbocycles. The Bertz CT molecular complexity index is 989. The molecule has 3 rings (SSSR count). The Hall–Kier alpha value is -2.57. The minimum Gasteiger partial charge on any atom is -0.352 e. The number of piperidine rings is 1. The third kappa shape index (κ3) is 6.49. The quantitative estimate of drug-likeness (QED) is 0.598. The van der Waals surface area contributed by atoms with Gasteiger partial charge in [-0.15, -0.1) is 0 Å². The van der Waals surface area contributed by atoms with E-state index >= 15 is 0 Å². The zero-order valence-electron chi connectivity index (χ0n) is 18.8. The number of carbonyl (C=O) groups is 3. The van der Waals surface area contributed by atoms with E-state index in [1.54, 1.807) is 53.4 Å². The number of rotatable bonds is 7. The molecule has 1 aliphatic heterocycles. The number of benzene rings is 2. The Labute approximate surface area is 204 Å². The maximum absolute atomic E-state index is 13.1. The monoisotopic (exact) mass is 489 g/mol. The highest BCUT2D eigenvalue weighted by molar-refractivity contribution is 6.33. The summed E-state index contributed by atoms with van der Waals surface area (Å²) >= 11 is 12.1. The maximum Gasteiger partial charge on any atom is 0.253 e. The van der Waals surface area contributed by atoms with Crippen molar-refractivity contribution in [1.29, 1.82) is 0 Å².